The Morgan fingerprint density at radius 3 is 1.40 bits per heavy atom. The van der Waals surface area contributed by atoms with Crippen molar-refractivity contribution in [3.05, 3.63) is 12.1 Å². The highest BCUT2D eigenvalue weighted by Crippen LogP contribution is 2.33. The molecule has 5 heteroatoms. The Bertz CT molecular complexity index is 292. The van der Waals surface area contributed by atoms with Crippen LogP contribution in [0.2, 0.25) is 39.3 Å². The Kier molecular flexibility index (Phi) is 3.68. The van der Waals surface area contributed by atoms with Crippen molar-refractivity contribution in [2.24, 2.45) is 0 Å². The summed E-state index contributed by atoms with van der Waals surface area (Å²) in [7, 11) is -2.95. The molecule has 0 fully saturated rings. The topological polar surface area (TPSA) is 18.5 Å². The van der Waals surface area contributed by atoms with Crippen LogP contribution in [0.4, 0.5) is 0 Å². The van der Waals surface area contributed by atoms with Gasteiger partial charge in [0.2, 0.25) is 16.6 Å². The second kappa shape index (κ2) is 4.31. The molecule has 86 valence electrons. The van der Waals surface area contributed by atoms with Gasteiger partial charge in [-0.05, 0) is 51.4 Å². The lowest BCUT2D eigenvalue weighted by Gasteiger charge is -2.18. The lowest BCUT2D eigenvalue weighted by molar-refractivity contribution is 0.571. The Labute approximate surface area is 98.5 Å². The molecule has 15 heavy (non-hydrogen) atoms. The van der Waals surface area contributed by atoms with Crippen LogP contribution in [0.3, 0.4) is 0 Å². The second-order valence-electron chi connectivity index (χ2n) is 5.50. The van der Waals surface area contributed by atoms with Gasteiger partial charge in [-0.15, -0.1) is 0 Å². The zero-order valence-corrected chi connectivity index (χ0v) is 13.2. The maximum absolute atomic E-state index is 5.89. The molecule has 0 aliphatic heterocycles. The number of hydrogen-bond acceptors (Lipinski definition) is 3. The summed E-state index contributed by atoms with van der Waals surface area (Å²) in [6.45, 7) is 13.1. The summed E-state index contributed by atoms with van der Waals surface area (Å²) in [6, 6.07) is 4.02. The van der Waals surface area contributed by atoms with Crippen LogP contribution < -0.4 is 8.85 Å². The maximum atomic E-state index is 5.89. The molecule has 1 aromatic rings. The van der Waals surface area contributed by atoms with Gasteiger partial charge in [0.05, 0.1) is 0 Å². The molecule has 0 radical (unpaired) electrons. The van der Waals surface area contributed by atoms with Crippen molar-refractivity contribution in [3.63, 3.8) is 0 Å². The van der Waals surface area contributed by atoms with Gasteiger partial charge < -0.3 is 8.85 Å². The molecule has 1 aromatic heterocycles. The summed E-state index contributed by atoms with van der Waals surface area (Å²) in [5, 5.41) is 1.98. The molecule has 0 unspecified atom stereocenters. The maximum Gasteiger partial charge on any atom is 0.243 e. The highest BCUT2D eigenvalue weighted by Gasteiger charge is 2.20. The van der Waals surface area contributed by atoms with Crippen LogP contribution >= 0.6 is 11.3 Å². The van der Waals surface area contributed by atoms with Crippen LogP contribution in [0.15, 0.2) is 12.1 Å². The van der Waals surface area contributed by atoms with Crippen molar-refractivity contribution in [1.82, 2.24) is 0 Å². The summed E-state index contributed by atoms with van der Waals surface area (Å²) in [4.78, 5) is 0. The van der Waals surface area contributed by atoms with Crippen molar-refractivity contribution < 1.29 is 8.85 Å². The SMILES string of the molecule is C[Si](C)(C)Oc1ccc(O[Si](C)(C)C)s1. The van der Waals surface area contributed by atoms with Crippen LogP contribution in [-0.4, -0.2) is 16.6 Å². The first-order valence-corrected chi connectivity index (χ1v) is 12.8. The van der Waals surface area contributed by atoms with Crippen molar-refractivity contribution >= 4 is 28.0 Å². The quantitative estimate of drug-likeness (QED) is 0.756. The highest BCUT2D eigenvalue weighted by molar-refractivity contribution is 7.16. The van der Waals surface area contributed by atoms with Gasteiger partial charge in [0.15, 0.2) is 10.1 Å². The molecule has 0 aliphatic carbocycles. The van der Waals surface area contributed by atoms with E-state index in [1.54, 1.807) is 11.3 Å². The van der Waals surface area contributed by atoms with Crippen molar-refractivity contribution in [3.8, 4) is 10.1 Å². The first kappa shape index (κ1) is 12.8. The molecule has 0 bridgehead atoms. The summed E-state index contributed by atoms with van der Waals surface area (Å²) in [5.41, 5.74) is 0. The predicted molar refractivity (Wildman–Crippen MR) is 72.3 cm³/mol. The Hall–Kier alpha value is -0.266. The lowest BCUT2D eigenvalue weighted by Crippen LogP contribution is -2.29. The van der Waals surface area contributed by atoms with Gasteiger partial charge in [0, 0.05) is 0 Å². The van der Waals surface area contributed by atoms with E-state index < -0.39 is 16.6 Å². The molecular formula is C10H20O2SSi2. The molecule has 0 aromatic carbocycles. The highest BCUT2D eigenvalue weighted by atomic mass is 32.1. The summed E-state index contributed by atoms with van der Waals surface area (Å²) >= 11 is 1.61. The van der Waals surface area contributed by atoms with Crippen molar-refractivity contribution in [1.29, 1.82) is 0 Å². The summed E-state index contributed by atoms with van der Waals surface area (Å²) < 4.78 is 11.8. The van der Waals surface area contributed by atoms with Gasteiger partial charge in [-0.25, -0.2) is 0 Å². The van der Waals surface area contributed by atoms with Gasteiger partial charge in [0.1, 0.15) is 0 Å². The third-order valence-corrected chi connectivity index (χ3v) is 4.17. The molecule has 1 heterocycles. The molecular weight excluding hydrogens is 240 g/mol. The molecule has 1 rings (SSSR count). The fourth-order valence-corrected chi connectivity index (χ4v) is 4.66. The minimum atomic E-state index is -1.48. The minimum absolute atomic E-state index is 0.988. The van der Waals surface area contributed by atoms with E-state index in [0.717, 1.165) is 10.1 Å². The van der Waals surface area contributed by atoms with Gasteiger partial charge in [-0.1, -0.05) is 11.3 Å². The van der Waals surface area contributed by atoms with Crippen molar-refractivity contribution in [2.45, 2.75) is 39.3 Å². The van der Waals surface area contributed by atoms with Gasteiger partial charge in [0.25, 0.3) is 0 Å². The average molecular weight is 261 g/mol. The van der Waals surface area contributed by atoms with Crippen LogP contribution in [0.1, 0.15) is 0 Å². The smallest absolute Gasteiger partial charge is 0.243 e. The Morgan fingerprint density at radius 2 is 1.13 bits per heavy atom. The molecule has 0 N–H and O–H groups in total. The first-order chi connectivity index (χ1) is 6.66. The number of rotatable bonds is 4. The Morgan fingerprint density at radius 1 is 0.800 bits per heavy atom. The van der Waals surface area contributed by atoms with E-state index in [1.807, 2.05) is 12.1 Å². The predicted octanol–water partition coefficient (Wildman–Crippen LogP) is 4.18. The fourth-order valence-electron chi connectivity index (χ4n) is 1.02. The normalized spacial score (nSPS) is 12.7. The van der Waals surface area contributed by atoms with E-state index in [-0.39, 0.29) is 0 Å². The molecule has 2 nitrogen and oxygen atoms in total. The lowest BCUT2D eigenvalue weighted by atomic mass is 10.6. The van der Waals surface area contributed by atoms with E-state index in [0.29, 0.717) is 0 Å². The monoisotopic (exact) mass is 260 g/mol. The molecule has 0 saturated heterocycles. The van der Waals surface area contributed by atoms with Gasteiger partial charge in [-0.3, -0.25) is 0 Å². The average Bonchev–Trinajstić information content (AvgIpc) is 2.28. The van der Waals surface area contributed by atoms with Crippen molar-refractivity contribution in [2.75, 3.05) is 0 Å². The second-order valence-corrected chi connectivity index (χ2v) is 15.4. The zero-order valence-electron chi connectivity index (χ0n) is 10.4. The number of hydrogen-bond donors (Lipinski definition) is 0. The largest absolute Gasteiger partial charge is 0.537 e. The zero-order chi connectivity index (χ0) is 11.7. The van der Waals surface area contributed by atoms with E-state index in [9.17, 15) is 0 Å². The van der Waals surface area contributed by atoms with Crippen LogP contribution in [-0.2, 0) is 0 Å². The van der Waals surface area contributed by atoms with E-state index in [2.05, 4.69) is 39.3 Å². The third-order valence-electron chi connectivity index (χ3n) is 1.37. The first-order valence-electron chi connectivity index (χ1n) is 5.14. The molecule has 0 atom stereocenters. The summed E-state index contributed by atoms with van der Waals surface area (Å²) in [6.07, 6.45) is 0. The van der Waals surface area contributed by atoms with Gasteiger partial charge in [-0.2, -0.15) is 0 Å². The summed E-state index contributed by atoms with van der Waals surface area (Å²) in [5.74, 6) is 0. The molecule has 0 spiro atoms. The minimum Gasteiger partial charge on any atom is -0.537 e. The van der Waals surface area contributed by atoms with E-state index in [4.69, 9.17) is 8.85 Å². The third kappa shape index (κ3) is 5.39. The Balaban J connectivity index is 2.65. The molecule has 0 aliphatic rings. The van der Waals surface area contributed by atoms with Crippen LogP contribution in [0, 0.1) is 0 Å². The fraction of sp³-hybridized carbons (Fsp3) is 0.600. The van der Waals surface area contributed by atoms with Crippen LogP contribution in [0.25, 0.3) is 0 Å². The van der Waals surface area contributed by atoms with Gasteiger partial charge >= 0.3 is 0 Å². The van der Waals surface area contributed by atoms with Crippen LogP contribution in [0.5, 0.6) is 10.1 Å². The van der Waals surface area contributed by atoms with E-state index in [1.165, 1.54) is 0 Å². The van der Waals surface area contributed by atoms with E-state index >= 15 is 0 Å². The molecule has 0 amide bonds. The molecule has 0 saturated carbocycles. The standard InChI is InChI=1S/C10H20O2SSi2/c1-14(2,3)11-9-7-8-10(13-9)12-15(4,5)6/h7-8H,1-6H3. The number of thiophene rings is 1.